The Morgan fingerprint density at radius 2 is 2.02 bits per heavy atom. The lowest BCUT2D eigenvalue weighted by Gasteiger charge is -2.32. The van der Waals surface area contributed by atoms with Gasteiger partial charge in [0.25, 0.3) is 0 Å². The van der Waals surface area contributed by atoms with E-state index in [0.717, 1.165) is 50.4 Å². The van der Waals surface area contributed by atoms with Crippen LogP contribution in [0.1, 0.15) is 6.42 Å². The van der Waals surface area contributed by atoms with Crippen LogP contribution in [0.4, 0.5) is 16.3 Å². The number of nitrogens with one attached hydrogen (secondary N) is 2. The number of likely N-dealkylation sites (N-methyl/N-ethyl adjacent to an activating group) is 1. The molecule has 0 spiro atoms. The molecule has 0 aliphatic carbocycles. The van der Waals surface area contributed by atoms with Crippen molar-refractivity contribution in [2.45, 2.75) is 6.42 Å². The van der Waals surface area contributed by atoms with Crippen LogP contribution in [-0.2, 0) is 4.74 Å². The number of hydrogen-bond acceptors (Lipinski definition) is 11. The first-order valence-electron chi connectivity index (χ1n) is 14.7. The number of benzene rings is 1. The van der Waals surface area contributed by atoms with Gasteiger partial charge in [-0.05, 0) is 25.6 Å². The van der Waals surface area contributed by atoms with Crippen LogP contribution in [0.25, 0.3) is 33.5 Å². The highest BCUT2D eigenvalue weighted by Crippen LogP contribution is 2.39. The number of nitrogens with zero attached hydrogens (tertiary/aromatic N) is 8. The topological polar surface area (TPSA) is 136 Å². The lowest BCUT2D eigenvalue weighted by Crippen LogP contribution is -2.44. The quantitative estimate of drug-likeness (QED) is 0.255. The van der Waals surface area contributed by atoms with E-state index in [0.29, 0.717) is 65.0 Å². The van der Waals surface area contributed by atoms with Gasteiger partial charge in [-0.2, -0.15) is 5.10 Å². The normalized spacial score (nSPS) is 15.5. The summed E-state index contributed by atoms with van der Waals surface area (Å²) >= 11 is 0. The molecule has 1 aromatic carbocycles. The van der Waals surface area contributed by atoms with Crippen LogP contribution >= 0.6 is 0 Å². The fourth-order valence-electron chi connectivity index (χ4n) is 5.58. The molecule has 2 aliphatic rings. The number of rotatable bonds is 8. The average molecular weight is 599 g/mol. The minimum atomic E-state index is -0.573. The molecule has 2 aliphatic heterocycles. The molecule has 1 amide bonds. The van der Waals surface area contributed by atoms with Gasteiger partial charge in [0.15, 0.2) is 11.5 Å². The number of pyridine rings is 1. The molecule has 6 heterocycles. The highest BCUT2D eigenvalue weighted by molar-refractivity contribution is 5.99. The van der Waals surface area contributed by atoms with Gasteiger partial charge in [0.05, 0.1) is 47.8 Å². The lowest BCUT2D eigenvalue weighted by molar-refractivity contribution is 0.130. The molecular formula is C30H34N10O4. The van der Waals surface area contributed by atoms with Crippen LogP contribution in [0.5, 0.6) is 11.5 Å². The molecule has 0 saturated carbocycles. The Hall–Kier alpha value is -4.95. The average Bonchev–Trinajstić information content (AvgIpc) is 3.64. The minimum absolute atomic E-state index is 0.309. The van der Waals surface area contributed by atoms with Crippen molar-refractivity contribution in [1.29, 1.82) is 0 Å². The molecule has 44 heavy (non-hydrogen) atoms. The lowest BCUT2D eigenvalue weighted by atomic mass is 10.1. The third-order valence-electron chi connectivity index (χ3n) is 7.97. The van der Waals surface area contributed by atoms with Gasteiger partial charge in [-0.1, -0.05) is 0 Å². The van der Waals surface area contributed by atoms with Crippen LogP contribution in [-0.4, -0.2) is 112 Å². The van der Waals surface area contributed by atoms with Crippen LogP contribution in [0.3, 0.4) is 0 Å². The standard InChI is InChI=1S/C30H34N10O4/c1-37-9-11-38(12-10-37)7-4-13-44-30(41)35-28-21-18-33-22(20-19-34-39-8-3-5-32-29(20)39)15-24(21)40(36-28)25-17-26-23(16-27(25)42-2)31-6-14-43-26/h3,5,8,15-19,31H,4,6-7,9-14H2,1-2H3,(H,35,36,41). The van der Waals surface area contributed by atoms with E-state index in [2.05, 4.69) is 37.6 Å². The van der Waals surface area contributed by atoms with E-state index in [9.17, 15) is 4.79 Å². The summed E-state index contributed by atoms with van der Waals surface area (Å²) in [5.74, 6) is 1.59. The number of amides is 1. The summed E-state index contributed by atoms with van der Waals surface area (Å²) in [4.78, 5) is 26.8. The molecule has 14 heteroatoms. The summed E-state index contributed by atoms with van der Waals surface area (Å²) in [6.07, 6.45) is 7.15. The van der Waals surface area contributed by atoms with E-state index in [1.807, 2.05) is 30.5 Å². The third kappa shape index (κ3) is 5.44. The molecule has 4 aromatic heterocycles. The van der Waals surface area contributed by atoms with E-state index in [4.69, 9.17) is 24.3 Å². The SMILES string of the molecule is COc1cc2c(cc1-n1nc(NC(=O)OCCCN3CCN(C)CC3)c3cnc(-c4cnn5cccnc45)cc31)OCCN2. The predicted octanol–water partition coefficient (Wildman–Crippen LogP) is 3.13. The molecule has 0 atom stereocenters. The summed E-state index contributed by atoms with van der Waals surface area (Å²) in [6, 6.07) is 7.48. The Kier molecular flexibility index (Phi) is 7.58. The van der Waals surface area contributed by atoms with Crippen molar-refractivity contribution >= 4 is 34.1 Å². The Morgan fingerprint density at radius 3 is 2.89 bits per heavy atom. The Balaban J connectivity index is 1.20. The second kappa shape index (κ2) is 12.0. The molecule has 0 bridgehead atoms. The smallest absolute Gasteiger partial charge is 0.412 e. The van der Waals surface area contributed by atoms with E-state index >= 15 is 0 Å². The number of methoxy groups -OCH3 is 1. The molecule has 14 nitrogen and oxygen atoms in total. The van der Waals surface area contributed by atoms with Crippen molar-refractivity contribution in [1.82, 2.24) is 39.2 Å². The zero-order chi connectivity index (χ0) is 30.0. The maximum absolute atomic E-state index is 12.9. The second-order valence-corrected chi connectivity index (χ2v) is 10.8. The molecule has 1 fully saturated rings. The van der Waals surface area contributed by atoms with Crippen molar-refractivity contribution in [2.75, 3.05) is 77.3 Å². The van der Waals surface area contributed by atoms with Gasteiger partial charge in [0.1, 0.15) is 23.8 Å². The first-order valence-corrected chi connectivity index (χ1v) is 14.7. The monoisotopic (exact) mass is 598 g/mol. The van der Waals surface area contributed by atoms with Crippen LogP contribution in [0.2, 0.25) is 0 Å². The zero-order valence-corrected chi connectivity index (χ0v) is 24.7. The molecule has 0 radical (unpaired) electrons. The second-order valence-electron chi connectivity index (χ2n) is 10.8. The number of carbonyl (C=O) groups excluding carboxylic acids is 1. The van der Waals surface area contributed by atoms with Gasteiger partial charge in [-0.15, -0.1) is 5.10 Å². The molecule has 2 N–H and O–H groups in total. The fourth-order valence-corrected chi connectivity index (χ4v) is 5.58. The number of fused-ring (bicyclic) bond motifs is 3. The van der Waals surface area contributed by atoms with Crippen LogP contribution < -0.4 is 20.1 Å². The number of anilines is 2. The van der Waals surface area contributed by atoms with E-state index < -0.39 is 6.09 Å². The van der Waals surface area contributed by atoms with Gasteiger partial charge in [0.2, 0.25) is 0 Å². The summed E-state index contributed by atoms with van der Waals surface area (Å²) in [7, 11) is 3.74. The number of ether oxygens (including phenoxy) is 3. The minimum Gasteiger partial charge on any atom is -0.494 e. The largest absolute Gasteiger partial charge is 0.494 e. The number of hydrogen-bond donors (Lipinski definition) is 2. The predicted molar refractivity (Wildman–Crippen MR) is 165 cm³/mol. The first kappa shape index (κ1) is 27.9. The number of aromatic nitrogens is 6. The molecule has 5 aromatic rings. The summed E-state index contributed by atoms with van der Waals surface area (Å²) in [5, 5.41) is 16.0. The van der Waals surface area contributed by atoms with Crippen molar-refractivity contribution in [3.05, 3.63) is 49.1 Å². The van der Waals surface area contributed by atoms with Crippen molar-refractivity contribution in [3.63, 3.8) is 0 Å². The highest BCUT2D eigenvalue weighted by atomic mass is 16.5. The third-order valence-corrected chi connectivity index (χ3v) is 7.97. The van der Waals surface area contributed by atoms with Gasteiger partial charge < -0.3 is 29.3 Å². The van der Waals surface area contributed by atoms with Gasteiger partial charge in [0, 0.05) is 70.0 Å². The Bertz CT molecular complexity index is 1810. The van der Waals surface area contributed by atoms with Crippen molar-refractivity contribution in [3.8, 4) is 28.4 Å². The van der Waals surface area contributed by atoms with Gasteiger partial charge in [-0.3, -0.25) is 10.3 Å². The molecule has 7 rings (SSSR count). The number of carbonyl (C=O) groups is 1. The summed E-state index contributed by atoms with van der Waals surface area (Å²) < 4.78 is 20.7. The molecule has 0 unspecified atom stereocenters. The fraction of sp³-hybridized carbons (Fsp3) is 0.367. The van der Waals surface area contributed by atoms with E-state index in [1.54, 1.807) is 34.9 Å². The number of piperazine rings is 1. The van der Waals surface area contributed by atoms with Gasteiger partial charge >= 0.3 is 6.09 Å². The summed E-state index contributed by atoms with van der Waals surface area (Å²) in [6.45, 7) is 6.61. The Morgan fingerprint density at radius 1 is 1.14 bits per heavy atom. The molecule has 1 saturated heterocycles. The van der Waals surface area contributed by atoms with Crippen molar-refractivity contribution < 1.29 is 19.0 Å². The van der Waals surface area contributed by atoms with Gasteiger partial charge in [-0.25, -0.2) is 19.0 Å². The highest BCUT2D eigenvalue weighted by Gasteiger charge is 2.23. The Labute approximate surface area is 253 Å². The van der Waals surface area contributed by atoms with E-state index in [-0.39, 0.29) is 0 Å². The maximum atomic E-state index is 12.9. The van der Waals surface area contributed by atoms with Crippen molar-refractivity contribution in [2.24, 2.45) is 0 Å². The van der Waals surface area contributed by atoms with E-state index in [1.165, 1.54) is 0 Å². The maximum Gasteiger partial charge on any atom is 0.412 e. The molecule has 228 valence electrons. The molecular weight excluding hydrogens is 564 g/mol. The van der Waals surface area contributed by atoms with Crippen LogP contribution in [0.15, 0.2) is 49.1 Å². The summed E-state index contributed by atoms with van der Waals surface area (Å²) in [5.41, 5.74) is 4.27. The van der Waals surface area contributed by atoms with Crippen LogP contribution in [0, 0.1) is 0 Å². The zero-order valence-electron chi connectivity index (χ0n) is 24.7. The first-order chi connectivity index (χ1) is 21.6.